The van der Waals surface area contributed by atoms with Crippen LogP contribution in [0.2, 0.25) is 0 Å². The number of hydrogen-bond donors (Lipinski definition) is 0. The number of carbonyl (C=O) groups excluding carboxylic acids is 3. The van der Waals surface area contributed by atoms with E-state index in [2.05, 4.69) is 0 Å². The molecule has 0 bridgehead atoms. The maximum atomic E-state index is 11.9. The monoisotopic (exact) mass is 352 g/mol. The van der Waals surface area contributed by atoms with Crippen molar-refractivity contribution in [1.82, 2.24) is 0 Å². The second kappa shape index (κ2) is 6.82. The highest BCUT2D eigenvalue weighted by Gasteiger charge is 2.60. The topological polar surface area (TPSA) is 88.1 Å². The predicted octanol–water partition coefficient (Wildman–Crippen LogP) is 1.29. The van der Waals surface area contributed by atoms with Crippen LogP contribution in [-0.4, -0.2) is 47.8 Å². The van der Waals surface area contributed by atoms with Crippen LogP contribution in [0.1, 0.15) is 13.8 Å². The molecule has 5 atom stereocenters. The van der Waals surface area contributed by atoms with Crippen molar-refractivity contribution in [3.8, 4) is 0 Å². The SMILES string of the molecule is CC(=O)O[C@H]1[C@H]2OC(=O)[C@@H](OC(C)=O)[C@@H]2O[C@H]1Sc1ccccc1. The molecule has 1 aromatic rings. The highest BCUT2D eigenvalue weighted by Crippen LogP contribution is 2.41. The van der Waals surface area contributed by atoms with Gasteiger partial charge in [0.25, 0.3) is 0 Å². The molecule has 8 heteroatoms. The fourth-order valence-electron chi connectivity index (χ4n) is 2.70. The van der Waals surface area contributed by atoms with Crippen LogP contribution in [0, 0.1) is 0 Å². The summed E-state index contributed by atoms with van der Waals surface area (Å²) in [6, 6.07) is 9.42. The summed E-state index contributed by atoms with van der Waals surface area (Å²) < 4.78 is 21.4. The second-order valence-electron chi connectivity index (χ2n) is 5.41. The van der Waals surface area contributed by atoms with Gasteiger partial charge in [-0.25, -0.2) is 4.79 Å². The van der Waals surface area contributed by atoms with Gasteiger partial charge in [-0.05, 0) is 12.1 Å². The average molecular weight is 352 g/mol. The van der Waals surface area contributed by atoms with Gasteiger partial charge < -0.3 is 18.9 Å². The van der Waals surface area contributed by atoms with Gasteiger partial charge in [0.15, 0.2) is 12.2 Å². The van der Waals surface area contributed by atoms with Gasteiger partial charge in [0.2, 0.25) is 6.10 Å². The van der Waals surface area contributed by atoms with Gasteiger partial charge in [0.05, 0.1) is 0 Å². The van der Waals surface area contributed by atoms with Crippen molar-refractivity contribution in [3.05, 3.63) is 30.3 Å². The molecular weight excluding hydrogens is 336 g/mol. The zero-order chi connectivity index (χ0) is 17.3. The minimum atomic E-state index is -1.15. The predicted molar refractivity (Wildman–Crippen MR) is 81.9 cm³/mol. The summed E-state index contributed by atoms with van der Waals surface area (Å²) in [5.74, 6) is -1.81. The Morgan fingerprint density at radius 3 is 2.33 bits per heavy atom. The highest BCUT2D eigenvalue weighted by molar-refractivity contribution is 7.99. The molecule has 2 saturated heterocycles. The van der Waals surface area contributed by atoms with Gasteiger partial charge in [-0.2, -0.15) is 0 Å². The number of fused-ring (bicyclic) bond motifs is 1. The summed E-state index contributed by atoms with van der Waals surface area (Å²) >= 11 is 1.35. The van der Waals surface area contributed by atoms with E-state index < -0.39 is 47.8 Å². The van der Waals surface area contributed by atoms with Gasteiger partial charge in [0, 0.05) is 18.7 Å². The molecule has 1 aromatic carbocycles. The maximum Gasteiger partial charge on any atom is 0.350 e. The maximum absolute atomic E-state index is 11.9. The first kappa shape index (κ1) is 16.8. The number of carbonyl (C=O) groups is 3. The molecule has 7 nitrogen and oxygen atoms in total. The van der Waals surface area contributed by atoms with E-state index in [1.54, 1.807) is 0 Å². The van der Waals surface area contributed by atoms with E-state index in [9.17, 15) is 14.4 Å². The first-order chi connectivity index (χ1) is 11.5. The number of thioether (sulfide) groups is 1. The smallest absolute Gasteiger partial charge is 0.350 e. The number of esters is 3. The molecule has 0 amide bonds. The molecule has 0 unspecified atom stereocenters. The number of hydrogen-bond acceptors (Lipinski definition) is 8. The number of rotatable bonds is 4. The number of benzene rings is 1. The lowest BCUT2D eigenvalue weighted by Gasteiger charge is -2.21. The lowest BCUT2D eigenvalue weighted by atomic mass is 10.1. The Bertz CT molecular complexity index is 647. The molecule has 24 heavy (non-hydrogen) atoms. The van der Waals surface area contributed by atoms with E-state index in [-0.39, 0.29) is 0 Å². The standard InChI is InChI=1S/C16H16O7S/c1-8(17)20-13-11-12(22-15(13)19)14(21-9(2)18)16(23-11)24-10-6-4-3-5-7-10/h3-7,11-14,16H,1-2H3/t11-,12+,13+,14+,16+/m1/s1. The van der Waals surface area contributed by atoms with Crippen LogP contribution in [-0.2, 0) is 33.3 Å². The van der Waals surface area contributed by atoms with Crippen molar-refractivity contribution in [3.63, 3.8) is 0 Å². The molecule has 2 fully saturated rings. The molecule has 0 saturated carbocycles. The van der Waals surface area contributed by atoms with Crippen LogP contribution in [0.15, 0.2) is 35.2 Å². The van der Waals surface area contributed by atoms with Crippen molar-refractivity contribution < 1.29 is 33.3 Å². The third-order valence-corrected chi connectivity index (χ3v) is 4.74. The zero-order valence-corrected chi connectivity index (χ0v) is 13.9. The van der Waals surface area contributed by atoms with E-state index >= 15 is 0 Å². The molecule has 0 aromatic heterocycles. The van der Waals surface area contributed by atoms with Gasteiger partial charge >= 0.3 is 17.9 Å². The summed E-state index contributed by atoms with van der Waals surface area (Å²) in [5.41, 5.74) is -0.572. The molecule has 2 aliphatic rings. The third-order valence-electron chi connectivity index (χ3n) is 3.58. The average Bonchev–Trinajstić information content (AvgIpc) is 2.98. The van der Waals surface area contributed by atoms with E-state index in [1.807, 2.05) is 30.3 Å². The minimum absolute atomic E-state index is 0.505. The van der Waals surface area contributed by atoms with Gasteiger partial charge in [-0.1, -0.05) is 30.0 Å². The molecule has 0 N–H and O–H groups in total. The summed E-state index contributed by atoms with van der Waals surface area (Å²) in [7, 11) is 0. The van der Waals surface area contributed by atoms with Gasteiger partial charge in [-0.3, -0.25) is 9.59 Å². The molecular formula is C16H16O7S. The Labute approximate surface area is 142 Å². The van der Waals surface area contributed by atoms with E-state index in [1.165, 1.54) is 25.6 Å². The third kappa shape index (κ3) is 3.39. The first-order valence-corrected chi connectivity index (χ1v) is 8.26. The Morgan fingerprint density at radius 2 is 1.71 bits per heavy atom. The van der Waals surface area contributed by atoms with E-state index in [0.717, 1.165) is 4.90 Å². The van der Waals surface area contributed by atoms with E-state index in [0.29, 0.717) is 0 Å². The molecule has 0 aliphatic carbocycles. The van der Waals surface area contributed by atoms with Crippen LogP contribution in [0.3, 0.4) is 0 Å². The van der Waals surface area contributed by atoms with Crippen LogP contribution in [0.25, 0.3) is 0 Å². The van der Waals surface area contributed by atoms with Gasteiger partial charge in [0.1, 0.15) is 11.5 Å². The van der Waals surface area contributed by atoms with E-state index in [4.69, 9.17) is 18.9 Å². The Hall–Kier alpha value is -2.06. The normalized spacial score (nSPS) is 31.2. The zero-order valence-electron chi connectivity index (χ0n) is 13.0. The largest absolute Gasteiger partial charge is 0.455 e. The fourth-order valence-corrected chi connectivity index (χ4v) is 3.81. The minimum Gasteiger partial charge on any atom is -0.455 e. The molecule has 3 rings (SSSR count). The van der Waals surface area contributed by atoms with Crippen molar-refractivity contribution in [2.45, 2.75) is 48.6 Å². The Balaban J connectivity index is 1.81. The molecule has 0 radical (unpaired) electrons. The molecule has 2 heterocycles. The molecule has 0 spiro atoms. The van der Waals surface area contributed by atoms with Crippen molar-refractivity contribution in [2.75, 3.05) is 0 Å². The van der Waals surface area contributed by atoms with Crippen LogP contribution >= 0.6 is 11.8 Å². The van der Waals surface area contributed by atoms with Crippen molar-refractivity contribution in [2.24, 2.45) is 0 Å². The summed E-state index contributed by atoms with van der Waals surface area (Å²) in [6.45, 7) is 2.48. The first-order valence-electron chi connectivity index (χ1n) is 7.38. The highest BCUT2D eigenvalue weighted by atomic mass is 32.2. The van der Waals surface area contributed by atoms with Crippen LogP contribution < -0.4 is 0 Å². The number of ether oxygens (including phenoxy) is 4. The fraction of sp³-hybridized carbons (Fsp3) is 0.438. The summed E-state index contributed by atoms with van der Waals surface area (Å²) in [4.78, 5) is 35.4. The lowest BCUT2D eigenvalue weighted by molar-refractivity contribution is -0.167. The second-order valence-corrected chi connectivity index (χ2v) is 6.58. The van der Waals surface area contributed by atoms with Crippen LogP contribution in [0.4, 0.5) is 0 Å². The van der Waals surface area contributed by atoms with Crippen LogP contribution in [0.5, 0.6) is 0 Å². The van der Waals surface area contributed by atoms with Crippen molar-refractivity contribution in [1.29, 1.82) is 0 Å². The summed E-state index contributed by atoms with van der Waals surface area (Å²) in [6.07, 6.45) is -3.52. The molecule has 128 valence electrons. The van der Waals surface area contributed by atoms with Crippen molar-refractivity contribution >= 4 is 29.7 Å². The quantitative estimate of drug-likeness (QED) is 0.592. The summed E-state index contributed by atoms with van der Waals surface area (Å²) in [5, 5.41) is 0. The van der Waals surface area contributed by atoms with Gasteiger partial charge in [-0.15, -0.1) is 0 Å². The lowest BCUT2D eigenvalue weighted by Crippen LogP contribution is -2.36. The Kier molecular flexibility index (Phi) is 4.77. The Morgan fingerprint density at radius 1 is 1.04 bits per heavy atom. The molecule has 2 aliphatic heterocycles.